The van der Waals surface area contributed by atoms with E-state index in [1.54, 1.807) is 13.1 Å². The number of benzene rings is 1. The quantitative estimate of drug-likeness (QED) is 0.764. The van der Waals surface area contributed by atoms with Crippen LogP contribution < -0.4 is 10.1 Å². The normalized spacial score (nSPS) is 10.4. The molecule has 0 heterocycles. The van der Waals surface area contributed by atoms with Gasteiger partial charge in [0.15, 0.2) is 0 Å². The van der Waals surface area contributed by atoms with E-state index in [1.807, 2.05) is 19.1 Å². The van der Waals surface area contributed by atoms with E-state index in [0.29, 0.717) is 11.3 Å². The highest BCUT2D eigenvalue weighted by Crippen LogP contribution is 2.24. The Balaban J connectivity index is 2.80. The SMILES string of the molecule is CNC(=O)CCOc1c(C)cccc1/C=C/C(=O)O. The summed E-state index contributed by atoms with van der Waals surface area (Å²) in [4.78, 5) is 21.6. The van der Waals surface area contributed by atoms with Crippen LogP contribution in [0.4, 0.5) is 0 Å². The number of carboxylic acid groups (broad SMARTS) is 1. The molecular weight excluding hydrogens is 246 g/mol. The van der Waals surface area contributed by atoms with E-state index in [1.165, 1.54) is 6.08 Å². The lowest BCUT2D eigenvalue weighted by atomic mass is 10.1. The van der Waals surface area contributed by atoms with Crippen LogP contribution in [0, 0.1) is 6.92 Å². The van der Waals surface area contributed by atoms with Gasteiger partial charge in [0.25, 0.3) is 0 Å². The van der Waals surface area contributed by atoms with Crippen LogP contribution in [0.15, 0.2) is 24.3 Å². The molecule has 0 saturated carbocycles. The number of carbonyl (C=O) groups excluding carboxylic acids is 1. The lowest BCUT2D eigenvalue weighted by Crippen LogP contribution is -2.20. The number of hydrogen-bond acceptors (Lipinski definition) is 3. The molecule has 0 bridgehead atoms. The van der Waals surface area contributed by atoms with Crippen LogP contribution in [0.1, 0.15) is 17.5 Å². The first-order chi connectivity index (χ1) is 9.04. The number of ether oxygens (including phenoxy) is 1. The molecule has 0 saturated heterocycles. The number of aliphatic carboxylic acids is 1. The largest absolute Gasteiger partial charge is 0.492 e. The van der Waals surface area contributed by atoms with Crippen LogP contribution in [-0.2, 0) is 9.59 Å². The molecule has 2 N–H and O–H groups in total. The van der Waals surface area contributed by atoms with Gasteiger partial charge in [0, 0.05) is 18.7 Å². The molecule has 1 rings (SSSR count). The molecule has 0 fully saturated rings. The summed E-state index contributed by atoms with van der Waals surface area (Å²) in [5.41, 5.74) is 1.57. The standard InChI is InChI=1S/C14H17NO4/c1-10-4-3-5-11(6-7-13(17)18)14(10)19-9-8-12(16)15-2/h3-7H,8-9H2,1-2H3,(H,15,16)(H,17,18)/b7-6+. The Hall–Kier alpha value is -2.30. The Morgan fingerprint density at radius 3 is 2.79 bits per heavy atom. The summed E-state index contributed by atoms with van der Waals surface area (Å²) in [6.45, 7) is 2.12. The summed E-state index contributed by atoms with van der Waals surface area (Å²) < 4.78 is 5.57. The van der Waals surface area contributed by atoms with Gasteiger partial charge in [-0.15, -0.1) is 0 Å². The number of hydrogen-bond donors (Lipinski definition) is 2. The van der Waals surface area contributed by atoms with Crippen molar-refractivity contribution in [2.75, 3.05) is 13.7 Å². The van der Waals surface area contributed by atoms with Crippen molar-refractivity contribution in [3.63, 3.8) is 0 Å². The Bertz CT molecular complexity index is 494. The Morgan fingerprint density at radius 1 is 1.42 bits per heavy atom. The molecular formula is C14H17NO4. The lowest BCUT2D eigenvalue weighted by molar-refractivity contribution is -0.131. The van der Waals surface area contributed by atoms with E-state index in [0.717, 1.165) is 11.6 Å². The highest BCUT2D eigenvalue weighted by molar-refractivity contribution is 5.86. The van der Waals surface area contributed by atoms with E-state index < -0.39 is 5.97 Å². The van der Waals surface area contributed by atoms with Crippen molar-refractivity contribution in [3.8, 4) is 5.75 Å². The molecule has 0 spiro atoms. The second-order valence-electron chi connectivity index (χ2n) is 3.94. The van der Waals surface area contributed by atoms with Gasteiger partial charge < -0.3 is 15.2 Å². The average molecular weight is 263 g/mol. The summed E-state index contributed by atoms with van der Waals surface area (Å²) in [5, 5.41) is 11.1. The number of para-hydroxylation sites is 1. The van der Waals surface area contributed by atoms with Crippen molar-refractivity contribution in [2.24, 2.45) is 0 Å². The van der Waals surface area contributed by atoms with Crippen LogP contribution >= 0.6 is 0 Å². The first-order valence-electron chi connectivity index (χ1n) is 5.88. The highest BCUT2D eigenvalue weighted by atomic mass is 16.5. The molecule has 0 aliphatic heterocycles. The van der Waals surface area contributed by atoms with Crippen LogP contribution in [-0.4, -0.2) is 30.6 Å². The summed E-state index contributed by atoms with van der Waals surface area (Å²) in [7, 11) is 1.57. The van der Waals surface area contributed by atoms with E-state index in [2.05, 4.69) is 5.32 Å². The minimum Gasteiger partial charge on any atom is -0.492 e. The molecule has 0 aliphatic rings. The molecule has 1 amide bonds. The third kappa shape index (κ3) is 4.83. The van der Waals surface area contributed by atoms with Gasteiger partial charge in [-0.25, -0.2) is 4.79 Å². The zero-order valence-electron chi connectivity index (χ0n) is 11.0. The first kappa shape index (κ1) is 14.8. The molecule has 5 nitrogen and oxygen atoms in total. The fourth-order valence-electron chi connectivity index (χ4n) is 1.54. The minimum atomic E-state index is -1.02. The zero-order chi connectivity index (χ0) is 14.3. The number of carboxylic acids is 1. The summed E-state index contributed by atoms with van der Waals surface area (Å²) in [6, 6.07) is 5.46. The molecule has 0 radical (unpaired) electrons. The lowest BCUT2D eigenvalue weighted by Gasteiger charge is -2.11. The summed E-state index contributed by atoms with van der Waals surface area (Å²) in [6.07, 6.45) is 2.79. The van der Waals surface area contributed by atoms with Crippen LogP contribution in [0.3, 0.4) is 0 Å². The summed E-state index contributed by atoms with van der Waals surface area (Å²) >= 11 is 0. The minimum absolute atomic E-state index is 0.101. The van der Waals surface area contributed by atoms with Gasteiger partial charge in [0.05, 0.1) is 13.0 Å². The Labute approximate surface area is 111 Å². The van der Waals surface area contributed by atoms with Gasteiger partial charge in [-0.05, 0) is 18.6 Å². The van der Waals surface area contributed by atoms with Gasteiger partial charge >= 0.3 is 5.97 Å². The van der Waals surface area contributed by atoms with Crippen LogP contribution in [0.5, 0.6) is 5.75 Å². The van der Waals surface area contributed by atoms with Crippen LogP contribution in [0.25, 0.3) is 6.08 Å². The van der Waals surface area contributed by atoms with Gasteiger partial charge in [0.1, 0.15) is 5.75 Å². The monoisotopic (exact) mass is 263 g/mol. The van der Waals surface area contributed by atoms with E-state index in [-0.39, 0.29) is 18.9 Å². The third-order valence-electron chi connectivity index (χ3n) is 2.50. The number of amides is 1. The maximum Gasteiger partial charge on any atom is 0.328 e. The molecule has 1 aromatic carbocycles. The average Bonchev–Trinajstić information content (AvgIpc) is 2.38. The maximum absolute atomic E-state index is 11.1. The van der Waals surface area contributed by atoms with Gasteiger partial charge in [-0.1, -0.05) is 18.2 Å². The fourth-order valence-corrected chi connectivity index (χ4v) is 1.54. The van der Waals surface area contributed by atoms with Crippen molar-refractivity contribution in [2.45, 2.75) is 13.3 Å². The maximum atomic E-state index is 11.1. The van der Waals surface area contributed by atoms with Gasteiger partial charge in [-0.3, -0.25) is 4.79 Å². The molecule has 0 unspecified atom stereocenters. The van der Waals surface area contributed by atoms with Crippen molar-refractivity contribution < 1.29 is 19.4 Å². The fraction of sp³-hybridized carbons (Fsp3) is 0.286. The second-order valence-corrected chi connectivity index (χ2v) is 3.94. The number of nitrogens with one attached hydrogen (secondary N) is 1. The topological polar surface area (TPSA) is 75.6 Å². The molecule has 0 atom stereocenters. The van der Waals surface area contributed by atoms with E-state index in [9.17, 15) is 9.59 Å². The third-order valence-corrected chi connectivity index (χ3v) is 2.50. The van der Waals surface area contributed by atoms with Crippen molar-refractivity contribution >= 4 is 18.0 Å². The predicted molar refractivity (Wildman–Crippen MR) is 72.0 cm³/mol. The zero-order valence-corrected chi connectivity index (χ0v) is 11.0. The Kier molecular flexibility index (Phi) is 5.60. The van der Waals surface area contributed by atoms with Crippen LogP contribution in [0.2, 0.25) is 0 Å². The smallest absolute Gasteiger partial charge is 0.328 e. The molecule has 1 aromatic rings. The van der Waals surface area contributed by atoms with E-state index in [4.69, 9.17) is 9.84 Å². The second kappa shape index (κ2) is 7.20. The number of aryl methyl sites for hydroxylation is 1. The molecule has 0 aromatic heterocycles. The Morgan fingerprint density at radius 2 is 2.16 bits per heavy atom. The molecule has 19 heavy (non-hydrogen) atoms. The summed E-state index contributed by atoms with van der Waals surface area (Å²) in [5.74, 6) is -0.516. The highest BCUT2D eigenvalue weighted by Gasteiger charge is 2.06. The predicted octanol–water partition coefficient (Wildman–Crippen LogP) is 1.61. The molecule has 102 valence electrons. The van der Waals surface area contributed by atoms with Gasteiger partial charge in [0.2, 0.25) is 5.91 Å². The van der Waals surface area contributed by atoms with Crippen molar-refractivity contribution in [3.05, 3.63) is 35.4 Å². The van der Waals surface area contributed by atoms with Crippen molar-refractivity contribution in [1.29, 1.82) is 0 Å². The van der Waals surface area contributed by atoms with Gasteiger partial charge in [-0.2, -0.15) is 0 Å². The van der Waals surface area contributed by atoms with Crippen molar-refractivity contribution in [1.82, 2.24) is 5.32 Å². The number of carbonyl (C=O) groups is 2. The first-order valence-corrected chi connectivity index (χ1v) is 5.88. The molecule has 0 aliphatic carbocycles. The number of rotatable bonds is 6. The molecule has 5 heteroatoms. The van der Waals surface area contributed by atoms with E-state index >= 15 is 0 Å².